The van der Waals surface area contributed by atoms with Crippen molar-refractivity contribution in [3.05, 3.63) is 11.9 Å². The minimum atomic E-state index is -0.156. The van der Waals surface area contributed by atoms with Gasteiger partial charge in [0.25, 0.3) is 0 Å². The topological polar surface area (TPSA) is 106 Å². The quantitative estimate of drug-likeness (QED) is 0.639. The molecule has 1 aromatic heterocycles. The number of hydrogen-bond acceptors (Lipinski definition) is 5. The van der Waals surface area contributed by atoms with Crippen molar-refractivity contribution in [2.45, 2.75) is 39.8 Å². The largest absolute Gasteiger partial charge is 0.355 e. The molecule has 0 saturated heterocycles. The number of hydrogen-bond donors (Lipinski definition) is 2. The highest BCUT2D eigenvalue weighted by molar-refractivity contribution is 5.84. The Morgan fingerprint density at radius 1 is 1.38 bits per heavy atom. The van der Waals surface area contributed by atoms with Crippen LogP contribution in [0.15, 0.2) is 6.20 Å². The van der Waals surface area contributed by atoms with Gasteiger partial charge in [-0.2, -0.15) is 0 Å². The van der Waals surface area contributed by atoms with Crippen LogP contribution in [0.4, 0.5) is 0 Å². The van der Waals surface area contributed by atoms with Crippen LogP contribution in [-0.4, -0.2) is 51.3 Å². The number of nitrogens with zero attached hydrogens (tertiary/aromatic N) is 4. The number of nitrogens with one attached hydrogen (secondary N) is 1. The molecule has 0 radical (unpaired) electrons. The average molecular weight is 296 g/mol. The number of aromatic nitrogens is 3. The molecule has 0 aliphatic carbocycles. The van der Waals surface area contributed by atoms with Crippen LogP contribution in [0.3, 0.4) is 0 Å². The predicted molar refractivity (Wildman–Crippen MR) is 78.1 cm³/mol. The zero-order valence-corrected chi connectivity index (χ0v) is 12.7. The van der Waals surface area contributed by atoms with Gasteiger partial charge in [-0.05, 0) is 12.8 Å². The van der Waals surface area contributed by atoms with Crippen LogP contribution in [0.25, 0.3) is 0 Å². The Balaban J connectivity index is 2.57. The van der Waals surface area contributed by atoms with Crippen molar-refractivity contribution in [3.8, 4) is 0 Å². The number of nitrogens with two attached hydrogens (primary N) is 1. The molecule has 1 rings (SSSR count). The monoisotopic (exact) mass is 296 g/mol. The molecular weight excluding hydrogens is 272 g/mol. The van der Waals surface area contributed by atoms with Crippen molar-refractivity contribution in [1.82, 2.24) is 25.2 Å². The molecule has 0 saturated carbocycles. The fourth-order valence-electron chi connectivity index (χ4n) is 1.80. The predicted octanol–water partition coefficient (Wildman–Crippen LogP) is -0.498. The highest BCUT2D eigenvalue weighted by Gasteiger charge is 2.17. The third-order valence-corrected chi connectivity index (χ3v) is 2.85. The molecule has 0 unspecified atom stereocenters. The molecule has 21 heavy (non-hydrogen) atoms. The Hall–Kier alpha value is -1.96. The smallest absolute Gasteiger partial charge is 0.244 e. The fourth-order valence-corrected chi connectivity index (χ4v) is 1.80. The van der Waals surface area contributed by atoms with Crippen molar-refractivity contribution in [2.24, 2.45) is 5.73 Å². The van der Waals surface area contributed by atoms with Crippen molar-refractivity contribution in [1.29, 1.82) is 0 Å². The lowest BCUT2D eigenvalue weighted by Gasteiger charge is -2.21. The molecule has 3 N–H and O–H groups in total. The van der Waals surface area contributed by atoms with Gasteiger partial charge in [0.15, 0.2) is 0 Å². The molecule has 0 bridgehead atoms. The number of amides is 2. The van der Waals surface area contributed by atoms with Crippen LogP contribution < -0.4 is 11.1 Å². The summed E-state index contributed by atoms with van der Waals surface area (Å²) in [5.41, 5.74) is 6.08. The molecule has 8 heteroatoms. The SMILES string of the molecule is CCCNC(=O)CN(CCC)C(=O)Cn1cc(CN)nn1. The molecule has 0 aliphatic heterocycles. The third-order valence-electron chi connectivity index (χ3n) is 2.85. The Morgan fingerprint density at radius 2 is 2.14 bits per heavy atom. The maximum absolute atomic E-state index is 12.2. The maximum Gasteiger partial charge on any atom is 0.244 e. The highest BCUT2D eigenvalue weighted by Crippen LogP contribution is 1.98. The molecule has 8 nitrogen and oxygen atoms in total. The van der Waals surface area contributed by atoms with Crippen LogP contribution in [0.2, 0.25) is 0 Å². The van der Waals surface area contributed by atoms with E-state index in [0.29, 0.717) is 18.8 Å². The standard InChI is InChI=1S/C13H24N6O2/c1-3-5-15-12(20)9-18(6-4-2)13(21)10-19-8-11(7-14)16-17-19/h8H,3-7,9-10,14H2,1-2H3,(H,15,20). The summed E-state index contributed by atoms with van der Waals surface area (Å²) in [6.45, 7) is 5.53. The molecule has 0 spiro atoms. The second-order valence-corrected chi connectivity index (χ2v) is 4.78. The molecule has 118 valence electrons. The van der Waals surface area contributed by atoms with E-state index in [1.165, 1.54) is 9.58 Å². The van der Waals surface area contributed by atoms with E-state index in [1.54, 1.807) is 6.20 Å². The minimum absolute atomic E-state index is 0.0635. The molecule has 1 heterocycles. The molecule has 0 atom stereocenters. The van der Waals surface area contributed by atoms with E-state index in [2.05, 4.69) is 15.6 Å². The summed E-state index contributed by atoms with van der Waals surface area (Å²) in [5, 5.41) is 10.4. The lowest BCUT2D eigenvalue weighted by atomic mass is 10.3. The first-order chi connectivity index (χ1) is 10.1. The van der Waals surface area contributed by atoms with Gasteiger partial charge in [0, 0.05) is 19.6 Å². The van der Waals surface area contributed by atoms with Gasteiger partial charge in [0.1, 0.15) is 6.54 Å². The summed E-state index contributed by atoms with van der Waals surface area (Å²) < 4.78 is 1.44. The lowest BCUT2D eigenvalue weighted by Crippen LogP contribution is -2.42. The molecule has 1 aromatic rings. The number of carbonyl (C=O) groups is 2. The molecule has 0 aliphatic rings. The first kappa shape index (κ1) is 17.1. The highest BCUT2D eigenvalue weighted by atomic mass is 16.2. The van der Waals surface area contributed by atoms with Gasteiger partial charge in [0.2, 0.25) is 11.8 Å². The van der Waals surface area contributed by atoms with Crippen molar-refractivity contribution < 1.29 is 9.59 Å². The second kappa shape index (κ2) is 9.06. The van der Waals surface area contributed by atoms with Crippen LogP contribution in [-0.2, 0) is 22.7 Å². The minimum Gasteiger partial charge on any atom is -0.355 e. The van der Waals surface area contributed by atoms with Crippen LogP contribution in [0.5, 0.6) is 0 Å². The van der Waals surface area contributed by atoms with E-state index >= 15 is 0 Å². The van der Waals surface area contributed by atoms with Crippen LogP contribution in [0.1, 0.15) is 32.4 Å². The van der Waals surface area contributed by atoms with Crippen molar-refractivity contribution >= 4 is 11.8 Å². The number of rotatable bonds is 9. The van der Waals surface area contributed by atoms with E-state index in [-0.39, 0.29) is 31.4 Å². The molecule has 2 amide bonds. The Morgan fingerprint density at radius 3 is 2.71 bits per heavy atom. The normalized spacial score (nSPS) is 10.4. The first-order valence-corrected chi connectivity index (χ1v) is 7.24. The van der Waals surface area contributed by atoms with Gasteiger partial charge in [-0.25, -0.2) is 4.68 Å². The van der Waals surface area contributed by atoms with E-state index in [0.717, 1.165) is 12.8 Å². The zero-order valence-electron chi connectivity index (χ0n) is 12.7. The Bertz CT molecular complexity index is 459. The Labute approximate surface area is 124 Å². The van der Waals surface area contributed by atoms with E-state index in [4.69, 9.17) is 5.73 Å². The van der Waals surface area contributed by atoms with Gasteiger partial charge < -0.3 is 16.0 Å². The van der Waals surface area contributed by atoms with Gasteiger partial charge >= 0.3 is 0 Å². The maximum atomic E-state index is 12.2. The van der Waals surface area contributed by atoms with Gasteiger partial charge in [-0.15, -0.1) is 5.10 Å². The zero-order chi connectivity index (χ0) is 15.7. The summed E-state index contributed by atoms with van der Waals surface area (Å²) in [6, 6.07) is 0. The van der Waals surface area contributed by atoms with Gasteiger partial charge in [-0.1, -0.05) is 19.1 Å². The lowest BCUT2D eigenvalue weighted by molar-refractivity contribution is -0.136. The van der Waals surface area contributed by atoms with E-state index < -0.39 is 0 Å². The Kier molecular flexibility index (Phi) is 7.38. The van der Waals surface area contributed by atoms with Crippen molar-refractivity contribution in [2.75, 3.05) is 19.6 Å². The summed E-state index contributed by atoms with van der Waals surface area (Å²) >= 11 is 0. The fraction of sp³-hybridized carbons (Fsp3) is 0.692. The van der Waals surface area contributed by atoms with E-state index in [9.17, 15) is 9.59 Å². The van der Waals surface area contributed by atoms with E-state index in [1.807, 2.05) is 13.8 Å². The summed E-state index contributed by atoms with van der Waals surface area (Å²) in [4.78, 5) is 25.5. The number of carbonyl (C=O) groups excluding carboxylic acids is 2. The summed E-state index contributed by atoms with van der Waals surface area (Å²) in [5.74, 6) is -0.295. The van der Waals surface area contributed by atoms with Crippen molar-refractivity contribution in [3.63, 3.8) is 0 Å². The molecular formula is C13H24N6O2. The first-order valence-electron chi connectivity index (χ1n) is 7.24. The second-order valence-electron chi connectivity index (χ2n) is 4.78. The van der Waals surface area contributed by atoms with Gasteiger partial charge in [0.05, 0.1) is 18.4 Å². The molecule has 0 fully saturated rings. The van der Waals surface area contributed by atoms with Crippen LogP contribution >= 0.6 is 0 Å². The third kappa shape index (κ3) is 5.90. The average Bonchev–Trinajstić information content (AvgIpc) is 2.92. The summed E-state index contributed by atoms with van der Waals surface area (Å²) in [6.07, 6.45) is 3.30. The molecule has 0 aromatic carbocycles. The van der Waals surface area contributed by atoms with Gasteiger partial charge in [-0.3, -0.25) is 9.59 Å². The summed E-state index contributed by atoms with van der Waals surface area (Å²) in [7, 11) is 0. The van der Waals surface area contributed by atoms with Crippen LogP contribution in [0, 0.1) is 0 Å².